The highest BCUT2D eigenvalue weighted by Gasteiger charge is 2.15. The fourth-order valence-corrected chi connectivity index (χ4v) is 1.88. The van der Waals surface area contributed by atoms with Gasteiger partial charge < -0.3 is 9.47 Å². The Labute approximate surface area is 103 Å². The third-order valence-corrected chi connectivity index (χ3v) is 2.85. The van der Waals surface area contributed by atoms with E-state index in [1.54, 1.807) is 6.08 Å². The summed E-state index contributed by atoms with van der Waals surface area (Å²) in [5.74, 6) is -1.04. The lowest BCUT2D eigenvalue weighted by Crippen LogP contribution is -2.10. The molecule has 0 radical (unpaired) electrons. The highest BCUT2D eigenvalue weighted by atomic mass is 32.1. The standard InChI is InChI=1S/C11H13NO4S/c1-7-6-17-9(12-7)4-8(11(14)16-3)5-10(13)15-2/h4,6H,5H2,1-3H3. The molecule has 0 aliphatic heterocycles. The van der Waals surface area contributed by atoms with Crippen LogP contribution in [-0.2, 0) is 19.1 Å². The molecule has 0 saturated carbocycles. The molecule has 0 unspecified atom stereocenters. The minimum absolute atomic E-state index is 0.123. The van der Waals surface area contributed by atoms with Crippen LogP contribution in [0.1, 0.15) is 17.1 Å². The van der Waals surface area contributed by atoms with E-state index in [2.05, 4.69) is 14.5 Å². The van der Waals surface area contributed by atoms with Crippen molar-refractivity contribution in [3.05, 3.63) is 21.7 Å². The molecule has 0 N–H and O–H groups in total. The molecule has 5 nitrogen and oxygen atoms in total. The second kappa shape index (κ2) is 6.15. The van der Waals surface area contributed by atoms with Gasteiger partial charge in [0.05, 0.1) is 26.2 Å². The van der Waals surface area contributed by atoms with Gasteiger partial charge in [-0.25, -0.2) is 9.78 Å². The van der Waals surface area contributed by atoms with Crippen molar-refractivity contribution in [3.63, 3.8) is 0 Å². The summed E-state index contributed by atoms with van der Waals surface area (Å²) in [5, 5.41) is 2.52. The van der Waals surface area contributed by atoms with Crippen molar-refractivity contribution in [3.8, 4) is 0 Å². The average Bonchev–Trinajstić information content (AvgIpc) is 2.72. The number of thiazole rings is 1. The Kier molecular flexibility index (Phi) is 4.84. The lowest BCUT2D eigenvalue weighted by molar-refractivity contribution is -0.143. The van der Waals surface area contributed by atoms with Gasteiger partial charge in [-0.1, -0.05) is 0 Å². The normalized spacial score (nSPS) is 11.1. The van der Waals surface area contributed by atoms with Crippen LogP contribution in [0.15, 0.2) is 11.0 Å². The number of aryl methyl sites for hydroxylation is 1. The molecule has 0 aliphatic rings. The lowest BCUT2D eigenvalue weighted by atomic mass is 10.2. The summed E-state index contributed by atoms with van der Waals surface area (Å²) in [6, 6.07) is 0. The van der Waals surface area contributed by atoms with Gasteiger partial charge in [0.2, 0.25) is 0 Å². The van der Waals surface area contributed by atoms with Gasteiger partial charge in [-0.3, -0.25) is 4.79 Å². The van der Waals surface area contributed by atoms with E-state index in [0.717, 1.165) is 5.69 Å². The minimum Gasteiger partial charge on any atom is -0.469 e. The molecule has 0 spiro atoms. The van der Waals surface area contributed by atoms with Crippen LogP contribution < -0.4 is 0 Å². The van der Waals surface area contributed by atoms with Crippen LogP contribution in [0, 0.1) is 6.92 Å². The number of aromatic nitrogens is 1. The van der Waals surface area contributed by atoms with E-state index >= 15 is 0 Å². The van der Waals surface area contributed by atoms with Crippen molar-refractivity contribution >= 4 is 29.4 Å². The highest BCUT2D eigenvalue weighted by Crippen LogP contribution is 2.16. The maximum absolute atomic E-state index is 11.5. The number of rotatable bonds is 4. The molecule has 0 amide bonds. The molecule has 1 aromatic heterocycles. The summed E-state index contributed by atoms with van der Waals surface area (Å²) in [7, 11) is 2.53. The average molecular weight is 255 g/mol. The zero-order valence-corrected chi connectivity index (χ0v) is 10.7. The number of esters is 2. The molecule has 6 heteroatoms. The Hall–Kier alpha value is -1.69. The van der Waals surface area contributed by atoms with Crippen LogP contribution in [0.2, 0.25) is 0 Å². The number of methoxy groups -OCH3 is 2. The van der Waals surface area contributed by atoms with Crippen molar-refractivity contribution in [2.24, 2.45) is 0 Å². The highest BCUT2D eigenvalue weighted by molar-refractivity contribution is 7.10. The Bertz CT molecular complexity index is 450. The summed E-state index contributed by atoms with van der Waals surface area (Å²) in [4.78, 5) is 26.8. The predicted molar refractivity (Wildman–Crippen MR) is 63.5 cm³/mol. The molecule has 0 bridgehead atoms. The number of nitrogens with zero attached hydrogens (tertiary/aromatic N) is 1. The van der Waals surface area contributed by atoms with E-state index in [1.165, 1.54) is 25.6 Å². The maximum atomic E-state index is 11.5. The number of carbonyl (C=O) groups excluding carboxylic acids is 2. The first-order valence-corrected chi connectivity index (χ1v) is 5.72. The van der Waals surface area contributed by atoms with Crippen LogP contribution in [-0.4, -0.2) is 31.1 Å². The van der Waals surface area contributed by atoms with Crippen LogP contribution >= 0.6 is 11.3 Å². The molecular weight excluding hydrogens is 242 g/mol. The van der Waals surface area contributed by atoms with Crippen molar-refractivity contribution in [2.75, 3.05) is 14.2 Å². The van der Waals surface area contributed by atoms with Gasteiger partial charge in [0, 0.05) is 11.1 Å². The quantitative estimate of drug-likeness (QED) is 0.603. The summed E-state index contributed by atoms with van der Waals surface area (Å²) in [5.41, 5.74) is 1.09. The molecule has 1 rings (SSSR count). The summed E-state index contributed by atoms with van der Waals surface area (Å²) in [6.45, 7) is 1.85. The topological polar surface area (TPSA) is 65.5 Å². The van der Waals surface area contributed by atoms with E-state index in [9.17, 15) is 9.59 Å². The van der Waals surface area contributed by atoms with Crippen molar-refractivity contribution in [1.29, 1.82) is 0 Å². The summed E-state index contributed by atoms with van der Waals surface area (Å²) >= 11 is 1.39. The van der Waals surface area contributed by atoms with Gasteiger partial charge in [-0.05, 0) is 13.0 Å². The van der Waals surface area contributed by atoms with E-state index in [0.29, 0.717) is 5.01 Å². The Morgan fingerprint density at radius 3 is 2.59 bits per heavy atom. The third-order valence-electron chi connectivity index (χ3n) is 1.94. The van der Waals surface area contributed by atoms with Crippen LogP contribution in [0.4, 0.5) is 0 Å². The molecule has 0 saturated heterocycles. The molecule has 92 valence electrons. The smallest absolute Gasteiger partial charge is 0.334 e. The number of hydrogen-bond donors (Lipinski definition) is 0. The monoisotopic (exact) mass is 255 g/mol. The maximum Gasteiger partial charge on any atom is 0.334 e. The zero-order chi connectivity index (χ0) is 12.8. The van der Waals surface area contributed by atoms with Crippen LogP contribution in [0.5, 0.6) is 0 Å². The second-order valence-electron chi connectivity index (χ2n) is 3.24. The SMILES string of the molecule is COC(=O)CC(=Cc1nc(C)cs1)C(=O)OC. The molecule has 0 aromatic carbocycles. The lowest BCUT2D eigenvalue weighted by Gasteiger charge is -2.03. The molecular formula is C11H13NO4S. The number of ether oxygens (including phenoxy) is 2. The summed E-state index contributed by atoms with van der Waals surface area (Å²) in [6.07, 6.45) is 1.42. The molecule has 0 aliphatic carbocycles. The zero-order valence-electron chi connectivity index (χ0n) is 9.85. The van der Waals surface area contributed by atoms with Gasteiger partial charge in [0.25, 0.3) is 0 Å². The Balaban J connectivity index is 2.93. The molecule has 0 atom stereocenters. The molecule has 1 aromatic rings. The largest absolute Gasteiger partial charge is 0.469 e. The molecule has 0 fully saturated rings. The van der Waals surface area contributed by atoms with Crippen molar-refractivity contribution in [1.82, 2.24) is 4.98 Å². The van der Waals surface area contributed by atoms with Gasteiger partial charge in [-0.2, -0.15) is 0 Å². The number of hydrogen-bond acceptors (Lipinski definition) is 6. The minimum atomic E-state index is -0.553. The number of carbonyl (C=O) groups is 2. The van der Waals surface area contributed by atoms with Crippen LogP contribution in [0.25, 0.3) is 6.08 Å². The van der Waals surface area contributed by atoms with Gasteiger partial charge in [0.15, 0.2) is 0 Å². The Morgan fingerprint density at radius 2 is 2.12 bits per heavy atom. The predicted octanol–water partition coefficient (Wildman–Crippen LogP) is 1.57. The van der Waals surface area contributed by atoms with E-state index < -0.39 is 11.9 Å². The first kappa shape index (κ1) is 13.4. The molecule has 17 heavy (non-hydrogen) atoms. The first-order chi connectivity index (χ1) is 8.06. The fraction of sp³-hybridized carbons (Fsp3) is 0.364. The fourth-order valence-electron chi connectivity index (χ4n) is 1.13. The van der Waals surface area contributed by atoms with Gasteiger partial charge in [-0.15, -0.1) is 11.3 Å². The van der Waals surface area contributed by atoms with Crippen molar-refractivity contribution < 1.29 is 19.1 Å². The molecule has 1 heterocycles. The van der Waals surface area contributed by atoms with E-state index in [4.69, 9.17) is 0 Å². The Morgan fingerprint density at radius 1 is 1.41 bits per heavy atom. The van der Waals surface area contributed by atoms with Gasteiger partial charge >= 0.3 is 11.9 Å². The third kappa shape index (κ3) is 3.99. The second-order valence-corrected chi connectivity index (χ2v) is 4.13. The van der Waals surface area contributed by atoms with E-state index in [1.807, 2.05) is 12.3 Å². The first-order valence-electron chi connectivity index (χ1n) is 4.84. The summed E-state index contributed by atoms with van der Waals surface area (Å²) < 4.78 is 9.11. The van der Waals surface area contributed by atoms with Crippen molar-refractivity contribution in [2.45, 2.75) is 13.3 Å². The van der Waals surface area contributed by atoms with Crippen LogP contribution in [0.3, 0.4) is 0 Å². The van der Waals surface area contributed by atoms with Gasteiger partial charge in [0.1, 0.15) is 5.01 Å². The van der Waals surface area contributed by atoms with E-state index in [-0.39, 0.29) is 12.0 Å².